The third-order valence-corrected chi connectivity index (χ3v) is 3.21. The van der Waals surface area contributed by atoms with E-state index in [0.717, 1.165) is 6.07 Å². The van der Waals surface area contributed by atoms with Gasteiger partial charge in [-0.05, 0) is 18.2 Å². The Labute approximate surface area is 133 Å². The highest BCUT2D eigenvalue weighted by Gasteiger charge is 2.28. The van der Waals surface area contributed by atoms with Gasteiger partial charge >= 0.3 is 6.18 Å². The topological polar surface area (TPSA) is 25.4 Å². The van der Waals surface area contributed by atoms with E-state index < -0.39 is 29.4 Å². The molecule has 0 saturated carbocycles. The first-order chi connectivity index (χ1) is 10.7. The lowest BCUT2D eigenvalue weighted by Gasteiger charge is -2.20. The zero-order valence-electron chi connectivity index (χ0n) is 11.7. The number of rotatable bonds is 4. The van der Waals surface area contributed by atoms with Crippen LogP contribution in [0.25, 0.3) is 0 Å². The van der Waals surface area contributed by atoms with Gasteiger partial charge in [0.2, 0.25) is 5.88 Å². The van der Waals surface area contributed by atoms with E-state index in [2.05, 4.69) is 9.72 Å². The Kier molecular flexibility index (Phi) is 4.93. The Balaban J connectivity index is 2.18. The van der Waals surface area contributed by atoms with E-state index in [1.807, 2.05) is 0 Å². The maximum Gasteiger partial charge on any atom is 0.422 e. The van der Waals surface area contributed by atoms with Crippen molar-refractivity contribution in [2.45, 2.75) is 6.18 Å². The number of nitrogens with zero attached hydrogens (tertiary/aromatic N) is 2. The summed E-state index contributed by atoms with van der Waals surface area (Å²) in [4.78, 5) is 5.03. The molecule has 2 rings (SSSR count). The Morgan fingerprint density at radius 2 is 1.87 bits per heavy atom. The summed E-state index contributed by atoms with van der Waals surface area (Å²) in [7, 11) is 1.47. The summed E-state index contributed by atoms with van der Waals surface area (Å²) in [6.45, 7) is -1.46. The van der Waals surface area contributed by atoms with Gasteiger partial charge in [0.1, 0.15) is 10.8 Å². The molecule has 0 spiro atoms. The minimum atomic E-state index is -4.47. The van der Waals surface area contributed by atoms with E-state index >= 15 is 0 Å². The van der Waals surface area contributed by atoms with Gasteiger partial charge < -0.3 is 9.64 Å². The molecule has 124 valence electrons. The van der Waals surface area contributed by atoms with Crippen LogP contribution in [0.2, 0.25) is 5.02 Å². The van der Waals surface area contributed by atoms with E-state index in [-0.39, 0.29) is 11.6 Å². The van der Waals surface area contributed by atoms with Gasteiger partial charge in [-0.1, -0.05) is 11.6 Å². The fraction of sp³-hybridized carbons (Fsp3) is 0.214. The maximum absolute atomic E-state index is 13.9. The predicted octanol–water partition coefficient (Wildman–Crippen LogP) is 4.72. The zero-order chi connectivity index (χ0) is 17.2. The molecule has 0 aliphatic carbocycles. The summed E-state index contributed by atoms with van der Waals surface area (Å²) in [6, 6.07) is 4.78. The standard InChI is InChI=1S/C14H10ClF5N2O/c1-22(10-4-3-9(16)12(15)13(10)17)8-2-5-11(21-6-8)23-7-14(18,19)20/h2-6H,7H2,1H3. The summed E-state index contributed by atoms with van der Waals surface area (Å²) in [5, 5.41) is -0.646. The summed E-state index contributed by atoms with van der Waals surface area (Å²) >= 11 is 5.50. The van der Waals surface area contributed by atoms with Gasteiger partial charge in [0.15, 0.2) is 12.4 Å². The van der Waals surface area contributed by atoms with Crippen LogP contribution in [-0.2, 0) is 0 Å². The lowest BCUT2D eigenvalue weighted by atomic mass is 10.2. The minimum absolute atomic E-state index is 0.0119. The number of anilines is 2. The number of pyridine rings is 1. The van der Waals surface area contributed by atoms with Gasteiger partial charge in [-0.2, -0.15) is 13.2 Å². The highest BCUT2D eigenvalue weighted by atomic mass is 35.5. The zero-order valence-corrected chi connectivity index (χ0v) is 12.4. The third-order valence-electron chi connectivity index (χ3n) is 2.87. The number of alkyl halides is 3. The molecule has 0 saturated heterocycles. The molecule has 9 heteroatoms. The van der Waals surface area contributed by atoms with E-state index in [1.165, 1.54) is 36.3 Å². The van der Waals surface area contributed by atoms with Crippen LogP contribution in [0.15, 0.2) is 30.5 Å². The monoisotopic (exact) mass is 352 g/mol. The molecule has 3 nitrogen and oxygen atoms in total. The molecule has 0 bridgehead atoms. The van der Waals surface area contributed by atoms with Crippen LogP contribution in [0.5, 0.6) is 5.88 Å². The van der Waals surface area contributed by atoms with Crippen molar-refractivity contribution in [3.8, 4) is 5.88 Å². The molecule has 0 N–H and O–H groups in total. The summed E-state index contributed by atoms with van der Waals surface area (Å²) in [5.41, 5.74) is 0.341. The summed E-state index contributed by atoms with van der Waals surface area (Å²) in [5.74, 6) is -2.07. The highest BCUT2D eigenvalue weighted by molar-refractivity contribution is 6.31. The van der Waals surface area contributed by atoms with Gasteiger partial charge in [-0.15, -0.1) is 0 Å². The molecule has 1 aromatic carbocycles. The predicted molar refractivity (Wildman–Crippen MR) is 75.2 cm³/mol. The normalized spacial score (nSPS) is 11.4. The van der Waals surface area contributed by atoms with E-state index in [4.69, 9.17) is 11.6 Å². The van der Waals surface area contributed by atoms with Crippen LogP contribution in [0.4, 0.5) is 33.3 Å². The molecular weight excluding hydrogens is 343 g/mol. The van der Waals surface area contributed by atoms with Crippen LogP contribution in [0, 0.1) is 11.6 Å². The van der Waals surface area contributed by atoms with Crippen LogP contribution >= 0.6 is 11.6 Å². The molecule has 0 amide bonds. The Hall–Kier alpha value is -2.09. The van der Waals surface area contributed by atoms with Crippen molar-refractivity contribution in [3.63, 3.8) is 0 Å². The number of ether oxygens (including phenoxy) is 1. The van der Waals surface area contributed by atoms with Crippen molar-refractivity contribution in [1.82, 2.24) is 4.98 Å². The van der Waals surface area contributed by atoms with Crippen LogP contribution in [0.3, 0.4) is 0 Å². The van der Waals surface area contributed by atoms with Gasteiger partial charge in [0, 0.05) is 13.1 Å². The van der Waals surface area contributed by atoms with Crippen molar-refractivity contribution in [2.75, 3.05) is 18.6 Å². The maximum atomic E-state index is 13.9. The van der Waals surface area contributed by atoms with Crippen LogP contribution < -0.4 is 9.64 Å². The van der Waals surface area contributed by atoms with Crippen LogP contribution in [-0.4, -0.2) is 24.8 Å². The quantitative estimate of drug-likeness (QED) is 0.588. The van der Waals surface area contributed by atoms with Crippen molar-refractivity contribution in [1.29, 1.82) is 0 Å². The largest absolute Gasteiger partial charge is 0.468 e. The second-order valence-corrected chi connectivity index (χ2v) is 4.89. The second-order valence-electron chi connectivity index (χ2n) is 4.51. The lowest BCUT2D eigenvalue weighted by molar-refractivity contribution is -0.154. The molecule has 0 fully saturated rings. The minimum Gasteiger partial charge on any atom is -0.468 e. The number of halogens is 6. The number of hydrogen-bond acceptors (Lipinski definition) is 3. The van der Waals surface area contributed by atoms with Crippen molar-refractivity contribution < 1.29 is 26.7 Å². The second kappa shape index (κ2) is 6.57. The first-order valence-corrected chi connectivity index (χ1v) is 6.59. The number of aromatic nitrogens is 1. The molecule has 23 heavy (non-hydrogen) atoms. The Bertz CT molecular complexity index is 691. The summed E-state index contributed by atoms with van der Waals surface area (Å²) in [6.07, 6.45) is -3.27. The van der Waals surface area contributed by atoms with Crippen molar-refractivity contribution >= 4 is 23.0 Å². The fourth-order valence-electron chi connectivity index (χ4n) is 1.73. The van der Waals surface area contributed by atoms with Crippen LogP contribution in [0.1, 0.15) is 0 Å². The van der Waals surface area contributed by atoms with Gasteiger partial charge in [-0.25, -0.2) is 13.8 Å². The molecule has 0 unspecified atom stereocenters. The SMILES string of the molecule is CN(c1ccc(OCC(F)(F)F)nc1)c1ccc(F)c(Cl)c1F. The molecule has 1 aromatic heterocycles. The van der Waals surface area contributed by atoms with Gasteiger partial charge in [0.05, 0.1) is 17.6 Å². The molecule has 0 aliphatic heterocycles. The van der Waals surface area contributed by atoms with Crippen molar-refractivity contribution in [3.05, 3.63) is 47.1 Å². The van der Waals surface area contributed by atoms with Crippen molar-refractivity contribution in [2.24, 2.45) is 0 Å². The lowest BCUT2D eigenvalue weighted by Crippen LogP contribution is -2.19. The van der Waals surface area contributed by atoms with Gasteiger partial charge in [-0.3, -0.25) is 0 Å². The average Bonchev–Trinajstić information content (AvgIpc) is 2.50. The van der Waals surface area contributed by atoms with E-state index in [1.54, 1.807) is 0 Å². The number of benzene rings is 1. The molecule has 0 aliphatic rings. The Morgan fingerprint density at radius 3 is 2.43 bits per heavy atom. The molecule has 0 radical (unpaired) electrons. The first kappa shape index (κ1) is 17.3. The smallest absolute Gasteiger partial charge is 0.422 e. The first-order valence-electron chi connectivity index (χ1n) is 6.22. The molecule has 0 atom stereocenters. The Morgan fingerprint density at radius 1 is 1.17 bits per heavy atom. The molecule has 2 aromatic rings. The summed E-state index contributed by atoms with van der Waals surface area (Å²) < 4.78 is 67.7. The van der Waals surface area contributed by atoms with E-state index in [9.17, 15) is 22.0 Å². The van der Waals surface area contributed by atoms with E-state index in [0.29, 0.717) is 5.69 Å². The average molecular weight is 353 g/mol. The van der Waals surface area contributed by atoms with Gasteiger partial charge in [0.25, 0.3) is 0 Å². The fourth-order valence-corrected chi connectivity index (χ4v) is 1.89. The number of hydrogen-bond donors (Lipinski definition) is 0. The third kappa shape index (κ3) is 4.22. The highest BCUT2D eigenvalue weighted by Crippen LogP contribution is 2.31. The molecule has 1 heterocycles. The molecular formula is C14H10ClF5N2O.